The normalized spacial score (nSPS) is 10.7. The van der Waals surface area contributed by atoms with E-state index in [2.05, 4.69) is 10.3 Å². The molecular weight excluding hydrogens is 267 g/mol. The number of carbonyl (C=O) groups excluding carboxylic acids is 1. The van der Waals surface area contributed by atoms with Crippen LogP contribution in [0.3, 0.4) is 0 Å². The van der Waals surface area contributed by atoms with Gasteiger partial charge >= 0.3 is 0 Å². The fourth-order valence-corrected chi connectivity index (χ4v) is 2.26. The van der Waals surface area contributed by atoms with Crippen LogP contribution in [0, 0.1) is 5.82 Å². The zero-order valence-electron chi connectivity index (χ0n) is 11.4. The predicted molar refractivity (Wildman–Crippen MR) is 80.2 cm³/mol. The van der Waals surface area contributed by atoms with Crippen LogP contribution in [0.5, 0.6) is 0 Å². The average Bonchev–Trinajstić information content (AvgIpc) is 2.94. The third kappa shape index (κ3) is 3.28. The highest BCUT2D eigenvalue weighted by molar-refractivity contribution is 5.83. The van der Waals surface area contributed by atoms with Crippen molar-refractivity contribution >= 4 is 16.8 Å². The number of aromatic nitrogens is 1. The maximum Gasteiger partial charge on any atom is 0.224 e. The van der Waals surface area contributed by atoms with Gasteiger partial charge in [-0.2, -0.15) is 0 Å². The third-order valence-electron chi connectivity index (χ3n) is 3.39. The summed E-state index contributed by atoms with van der Waals surface area (Å²) in [6.07, 6.45) is 2.21. The summed E-state index contributed by atoms with van der Waals surface area (Å²) < 4.78 is 12.8. The number of amides is 1. The number of nitrogens with one attached hydrogen (secondary N) is 2. The van der Waals surface area contributed by atoms with Gasteiger partial charge in [0.25, 0.3) is 0 Å². The molecular formula is C17H15FN2O. The molecule has 0 bridgehead atoms. The minimum Gasteiger partial charge on any atom is -0.361 e. The lowest BCUT2D eigenvalue weighted by Crippen LogP contribution is -2.24. The maximum atomic E-state index is 12.8. The summed E-state index contributed by atoms with van der Waals surface area (Å²) in [5.41, 5.74) is 2.91. The van der Waals surface area contributed by atoms with E-state index in [4.69, 9.17) is 0 Å². The van der Waals surface area contributed by atoms with E-state index < -0.39 is 0 Å². The Labute approximate surface area is 121 Å². The van der Waals surface area contributed by atoms with Gasteiger partial charge in [0.1, 0.15) is 5.82 Å². The number of aromatic amines is 1. The Balaban J connectivity index is 1.59. The molecule has 0 unspecified atom stereocenters. The number of rotatable bonds is 4. The van der Waals surface area contributed by atoms with Gasteiger partial charge in [0.15, 0.2) is 0 Å². The zero-order chi connectivity index (χ0) is 14.7. The molecule has 2 aromatic carbocycles. The van der Waals surface area contributed by atoms with E-state index in [0.29, 0.717) is 13.0 Å². The van der Waals surface area contributed by atoms with Gasteiger partial charge in [-0.05, 0) is 46.8 Å². The first-order valence-corrected chi connectivity index (χ1v) is 6.78. The molecule has 3 nitrogen and oxygen atoms in total. The fraction of sp³-hybridized carbons (Fsp3) is 0.118. The van der Waals surface area contributed by atoms with Gasteiger partial charge in [-0.25, -0.2) is 4.39 Å². The molecule has 1 aromatic heterocycles. The predicted octanol–water partition coefficient (Wildman–Crippen LogP) is 3.17. The number of fused-ring (bicyclic) bond motifs is 1. The molecule has 21 heavy (non-hydrogen) atoms. The maximum absolute atomic E-state index is 12.8. The number of benzene rings is 2. The summed E-state index contributed by atoms with van der Waals surface area (Å²) >= 11 is 0. The van der Waals surface area contributed by atoms with E-state index in [0.717, 1.165) is 22.0 Å². The first-order chi connectivity index (χ1) is 10.2. The molecule has 0 aliphatic heterocycles. The van der Waals surface area contributed by atoms with Gasteiger partial charge in [0, 0.05) is 18.3 Å². The Morgan fingerprint density at radius 1 is 1.05 bits per heavy atom. The number of halogens is 1. The smallest absolute Gasteiger partial charge is 0.224 e. The minimum atomic E-state index is -0.273. The van der Waals surface area contributed by atoms with Gasteiger partial charge in [0.05, 0.1) is 6.42 Å². The van der Waals surface area contributed by atoms with Crippen molar-refractivity contribution in [2.45, 2.75) is 13.0 Å². The van der Waals surface area contributed by atoms with Crippen molar-refractivity contribution in [1.82, 2.24) is 10.3 Å². The summed E-state index contributed by atoms with van der Waals surface area (Å²) in [6, 6.07) is 14.0. The number of hydrogen-bond donors (Lipinski definition) is 2. The molecule has 3 aromatic rings. The van der Waals surface area contributed by atoms with Crippen LogP contribution < -0.4 is 5.32 Å². The lowest BCUT2D eigenvalue weighted by atomic mass is 10.1. The molecule has 106 valence electrons. The summed E-state index contributed by atoms with van der Waals surface area (Å²) in [4.78, 5) is 15.1. The number of carbonyl (C=O) groups is 1. The summed E-state index contributed by atoms with van der Waals surface area (Å²) in [5.74, 6) is -0.320. The quantitative estimate of drug-likeness (QED) is 0.758. The van der Waals surface area contributed by atoms with Crippen LogP contribution in [0.4, 0.5) is 4.39 Å². The molecule has 0 aliphatic rings. The van der Waals surface area contributed by atoms with Crippen LogP contribution in [0.2, 0.25) is 0 Å². The molecule has 3 rings (SSSR count). The second-order valence-electron chi connectivity index (χ2n) is 4.98. The molecule has 2 N–H and O–H groups in total. The van der Waals surface area contributed by atoms with Crippen LogP contribution in [0.1, 0.15) is 11.1 Å². The molecule has 0 aliphatic carbocycles. The molecule has 0 atom stereocenters. The number of hydrogen-bond acceptors (Lipinski definition) is 1. The second kappa shape index (κ2) is 5.79. The first kappa shape index (κ1) is 13.4. The van der Waals surface area contributed by atoms with E-state index in [9.17, 15) is 9.18 Å². The molecule has 0 saturated carbocycles. The minimum absolute atomic E-state index is 0.0470. The van der Waals surface area contributed by atoms with Gasteiger partial charge in [0.2, 0.25) is 5.91 Å². The van der Waals surface area contributed by atoms with E-state index in [1.807, 2.05) is 30.5 Å². The van der Waals surface area contributed by atoms with Crippen LogP contribution in [-0.2, 0) is 17.8 Å². The van der Waals surface area contributed by atoms with Crippen molar-refractivity contribution < 1.29 is 9.18 Å². The topological polar surface area (TPSA) is 44.9 Å². The third-order valence-corrected chi connectivity index (χ3v) is 3.39. The summed E-state index contributed by atoms with van der Waals surface area (Å²) in [7, 11) is 0. The lowest BCUT2D eigenvalue weighted by molar-refractivity contribution is -0.120. The zero-order valence-corrected chi connectivity index (χ0v) is 11.4. The Hall–Kier alpha value is -2.62. The van der Waals surface area contributed by atoms with Crippen LogP contribution >= 0.6 is 0 Å². The first-order valence-electron chi connectivity index (χ1n) is 6.78. The molecule has 1 amide bonds. The van der Waals surface area contributed by atoms with Crippen LogP contribution in [-0.4, -0.2) is 10.9 Å². The van der Waals surface area contributed by atoms with Gasteiger partial charge in [-0.15, -0.1) is 0 Å². The molecule has 0 spiro atoms. The lowest BCUT2D eigenvalue weighted by Gasteiger charge is -2.06. The van der Waals surface area contributed by atoms with Crippen LogP contribution in [0.25, 0.3) is 10.9 Å². The van der Waals surface area contributed by atoms with Crippen molar-refractivity contribution in [3.8, 4) is 0 Å². The van der Waals surface area contributed by atoms with E-state index >= 15 is 0 Å². The summed E-state index contributed by atoms with van der Waals surface area (Å²) in [5, 5.41) is 3.94. The van der Waals surface area contributed by atoms with Crippen molar-refractivity contribution in [2.24, 2.45) is 0 Å². The van der Waals surface area contributed by atoms with Gasteiger partial charge in [-0.1, -0.05) is 18.2 Å². The van der Waals surface area contributed by atoms with E-state index in [-0.39, 0.29) is 11.7 Å². The largest absolute Gasteiger partial charge is 0.361 e. The van der Waals surface area contributed by atoms with E-state index in [1.54, 1.807) is 12.1 Å². The molecule has 4 heteroatoms. The Bertz CT molecular complexity index is 762. The van der Waals surface area contributed by atoms with E-state index in [1.165, 1.54) is 12.1 Å². The molecule has 0 saturated heterocycles. The van der Waals surface area contributed by atoms with Crippen molar-refractivity contribution in [3.05, 3.63) is 71.7 Å². The Morgan fingerprint density at radius 3 is 2.62 bits per heavy atom. The molecule has 0 fully saturated rings. The van der Waals surface area contributed by atoms with Crippen molar-refractivity contribution in [2.75, 3.05) is 0 Å². The standard InChI is InChI=1S/C17H15FN2O/c18-15-4-1-12(2-5-15)11-20-17(21)10-13-3-6-16-14(9-13)7-8-19-16/h1-9,19H,10-11H2,(H,20,21). The highest BCUT2D eigenvalue weighted by atomic mass is 19.1. The summed E-state index contributed by atoms with van der Waals surface area (Å²) in [6.45, 7) is 0.408. The van der Waals surface area contributed by atoms with Crippen LogP contribution in [0.15, 0.2) is 54.7 Å². The Morgan fingerprint density at radius 2 is 1.81 bits per heavy atom. The average molecular weight is 282 g/mol. The molecule has 1 heterocycles. The second-order valence-corrected chi connectivity index (χ2v) is 4.98. The van der Waals surface area contributed by atoms with Crippen molar-refractivity contribution in [3.63, 3.8) is 0 Å². The molecule has 0 radical (unpaired) electrons. The highest BCUT2D eigenvalue weighted by Gasteiger charge is 2.05. The highest BCUT2D eigenvalue weighted by Crippen LogP contribution is 2.14. The fourth-order valence-electron chi connectivity index (χ4n) is 2.26. The monoisotopic (exact) mass is 282 g/mol. The SMILES string of the molecule is O=C(Cc1ccc2[nH]ccc2c1)NCc1ccc(F)cc1. The Kier molecular flexibility index (Phi) is 3.69. The van der Waals surface area contributed by atoms with Gasteiger partial charge in [-0.3, -0.25) is 4.79 Å². The van der Waals surface area contributed by atoms with Crippen molar-refractivity contribution in [1.29, 1.82) is 0 Å². The number of H-pyrrole nitrogens is 1. The van der Waals surface area contributed by atoms with Gasteiger partial charge < -0.3 is 10.3 Å².